The van der Waals surface area contributed by atoms with Gasteiger partial charge < -0.3 is 0 Å². The molecular weight excluding hydrogens is 251 g/mol. The van der Waals surface area contributed by atoms with Crippen LogP contribution < -0.4 is 0 Å². The summed E-state index contributed by atoms with van der Waals surface area (Å²) >= 11 is 0. The molecule has 2 saturated carbocycles. The highest BCUT2D eigenvalue weighted by Crippen LogP contribution is 2.51. The highest BCUT2D eigenvalue weighted by atomic mass is 14.4. The Morgan fingerprint density at radius 1 is 0.714 bits per heavy atom. The van der Waals surface area contributed by atoms with Crippen molar-refractivity contribution in [3.63, 3.8) is 0 Å². The standard InChI is InChI=1S/C20H37B/c1-14-7-9-17(10-8-14)18-13-20-19(12-16(18)3)15(2)6-4-5-11-21-20/h14-21H,4-13H2,1-3H3/t14?,15?,16-,17?,18?,19?,20?/m1/s1. The summed E-state index contributed by atoms with van der Waals surface area (Å²) in [5.41, 5.74) is 0. The lowest BCUT2D eigenvalue weighted by Crippen LogP contribution is -2.38. The molecule has 0 nitrogen and oxygen atoms in total. The summed E-state index contributed by atoms with van der Waals surface area (Å²) in [4.78, 5) is 0. The Hall–Kier alpha value is 0.0649. The second kappa shape index (κ2) is 7.09. The lowest BCUT2D eigenvalue weighted by molar-refractivity contribution is 0.0787. The first-order valence-corrected chi connectivity index (χ1v) is 10.1. The van der Waals surface area contributed by atoms with E-state index in [4.69, 9.17) is 0 Å². The summed E-state index contributed by atoms with van der Waals surface area (Å²) in [6.07, 6.45) is 15.3. The molecule has 0 radical (unpaired) electrons. The zero-order valence-electron chi connectivity index (χ0n) is 14.8. The van der Waals surface area contributed by atoms with E-state index in [1.807, 2.05) is 0 Å². The Morgan fingerprint density at radius 3 is 2.24 bits per heavy atom. The molecule has 0 amide bonds. The molecule has 1 aliphatic heterocycles. The van der Waals surface area contributed by atoms with Gasteiger partial charge in [0.05, 0.1) is 0 Å². The van der Waals surface area contributed by atoms with E-state index in [1.165, 1.54) is 38.4 Å². The fraction of sp³-hybridized carbons (Fsp3) is 1.00. The minimum atomic E-state index is 1.00. The van der Waals surface area contributed by atoms with Crippen LogP contribution in [0.1, 0.15) is 78.6 Å². The summed E-state index contributed by atoms with van der Waals surface area (Å²) in [6, 6.07) is 0. The Labute approximate surface area is 134 Å². The van der Waals surface area contributed by atoms with E-state index in [0.29, 0.717) is 0 Å². The average Bonchev–Trinajstić information content (AvgIpc) is 2.47. The van der Waals surface area contributed by atoms with Crippen LogP contribution in [0.4, 0.5) is 0 Å². The normalized spacial score (nSPS) is 48.6. The van der Waals surface area contributed by atoms with Gasteiger partial charge in [0.25, 0.3) is 0 Å². The van der Waals surface area contributed by atoms with Crippen molar-refractivity contribution in [1.82, 2.24) is 0 Å². The second-order valence-electron chi connectivity index (χ2n) is 9.17. The van der Waals surface area contributed by atoms with Gasteiger partial charge in [-0.15, -0.1) is 0 Å². The third-order valence-electron chi connectivity index (χ3n) is 7.69. The van der Waals surface area contributed by atoms with Crippen LogP contribution in [0.3, 0.4) is 0 Å². The number of fused-ring (bicyclic) bond motifs is 1. The molecule has 0 aromatic carbocycles. The zero-order valence-corrected chi connectivity index (χ0v) is 14.8. The summed E-state index contributed by atoms with van der Waals surface area (Å²) in [5, 5.41) is 0. The predicted molar refractivity (Wildman–Crippen MR) is 95.2 cm³/mol. The molecule has 1 heteroatoms. The summed E-state index contributed by atoms with van der Waals surface area (Å²) in [7, 11) is 1.56. The van der Waals surface area contributed by atoms with Crippen LogP contribution >= 0.6 is 0 Å². The molecule has 0 spiro atoms. The van der Waals surface area contributed by atoms with E-state index >= 15 is 0 Å². The fourth-order valence-corrected chi connectivity index (χ4v) is 6.22. The minimum Gasteiger partial charge on any atom is -0.0772 e. The van der Waals surface area contributed by atoms with Crippen molar-refractivity contribution in [3.8, 4) is 0 Å². The van der Waals surface area contributed by atoms with Gasteiger partial charge in [-0.2, -0.15) is 0 Å². The molecule has 0 aromatic heterocycles. The molecule has 5 atom stereocenters. The Balaban J connectivity index is 1.65. The topological polar surface area (TPSA) is 0 Å². The lowest BCUT2D eigenvalue weighted by Gasteiger charge is -2.47. The highest BCUT2D eigenvalue weighted by Gasteiger charge is 2.41. The van der Waals surface area contributed by atoms with Crippen molar-refractivity contribution in [2.75, 3.05) is 0 Å². The maximum atomic E-state index is 2.60. The van der Waals surface area contributed by atoms with Gasteiger partial charge in [0, 0.05) is 0 Å². The van der Waals surface area contributed by atoms with Crippen LogP contribution in [-0.2, 0) is 0 Å². The molecule has 3 aliphatic rings. The van der Waals surface area contributed by atoms with Gasteiger partial charge in [-0.3, -0.25) is 0 Å². The Morgan fingerprint density at radius 2 is 1.48 bits per heavy atom. The quantitative estimate of drug-likeness (QED) is 0.524. The second-order valence-corrected chi connectivity index (χ2v) is 9.17. The first-order valence-electron chi connectivity index (χ1n) is 10.1. The molecule has 0 N–H and O–H groups in total. The lowest BCUT2D eigenvalue weighted by atomic mass is 9.45. The SMILES string of the molecule is CC1CCC(C2CC3BCCCCC(C)C3C[C@H]2C)CC1. The van der Waals surface area contributed by atoms with Gasteiger partial charge in [0.1, 0.15) is 7.28 Å². The monoisotopic (exact) mass is 288 g/mol. The van der Waals surface area contributed by atoms with E-state index in [0.717, 1.165) is 41.3 Å². The van der Waals surface area contributed by atoms with Crippen molar-refractivity contribution in [3.05, 3.63) is 0 Å². The van der Waals surface area contributed by atoms with Crippen LogP contribution in [0.25, 0.3) is 0 Å². The van der Waals surface area contributed by atoms with Gasteiger partial charge in [-0.1, -0.05) is 71.4 Å². The third-order valence-corrected chi connectivity index (χ3v) is 7.69. The molecule has 2 aliphatic carbocycles. The van der Waals surface area contributed by atoms with E-state index in [9.17, 15) is 0 Å². The van der Waals surface area contributed by atoms with Gasteiger partial charge in [-0.05, 0) is 54.8 Å². The molecule has 1 saturated heterocycles. The van der Waals surface area contributed by atoms with Gasteiger partial charge >= 0.3 is 0 Å². The van der Waals surface area contributed by atoms with Crippen molar-refractivity contribution in [2.24, 2.45) is 35.5 Å². The molecule has 0 bridgehead atoms. The number of rotatable bonds is 1. The van der Waals surface area contributed by atoms with Crippen LogP contribution in [0, 0.1) is 35.5 Å². The Bertz CT molecular complexity index is 318. The first-order chi connectivity index (χ1) is 10.1. The van der Waals surface area contributed by atoms with Crippen molar-refractivity contribution in [2.45, 2.75) is 90.7 Å². The first kappa shape index (κ1) is 15.9. The van der Waals surface area contributed by atoms with Crippen molar-refractivity contribution < 1.29 is 0 Å². The van der Waals surface area contributed by atoms with Crippen molar-refractivity contribution >= 4 is 7.28 Å². The summed E-state index contributed by atoms with van der Waals surface area (Å²) in [6.45, 7) is 7.63. The van der Waals surface area contributed by atoms with Crippen molar-refractivity contribution in [1.29, 1.82) is 0 Å². The molecule has 4 unspecified atom stereocenters. The van der Waals surface area contributed by atoms with E-state index in [1.54, 1.807) is 33.0 Å². The van der Waals surface area contributed by atoms with Gasteiger partial charge in [-0.25, -0.2) is 0 Å². The zero-order chi connectivity index (χ0) is 14.8. The maximum Gasteiger partial charge on any atom is 0.124 e. The molecule has 3 rings (SSSR count). The Kier molecular flexibility index (Phi) is 5.38. The van der Waals surface area contributed by atoms with Gasteiger partial charge in [0.15, 0.2) is 0 Å². The van der Waals surface area contributed by atoms with E-state index in [2.05, 4.69) is 20.8 Å². The van der Waals surface area contributed by atoms with Crippen LogP contribution in [0.2, 0.25) is 12.1 Å². The van der Waals surface area contributed by atoms with Crippen LogP contribution in [0.15, 0.2) is 0 Å². The molecular formula is C20H37B. The smallest absolute Gasteiger partial charge is 0.0772 e. The van der Waals surface area contributed by atoms with Crippen LogP contribution in [-0.4, -0.2) is 7.28 Å². The molecule has 120 valence electrons. The van der Waals surface area contributed by atoms with E-state index in [-0.39, 0.29) is 0 Å². The van der Waals surface area contributed by atoms with Crippen LogP contribution in [0.5, 0.6) is 0 Å². The fourth-order valence-electron chi connectivity index (χ4n) is 6.22. The predicted octanol–water partition coefficient (Wildman–Crippen LogP) is 5.94. The summed E-state index contributed by atoms with van der Waals surface area (Å²) in [5.74, 6) is 7.33. The molecule has 21 heavy (non-hydrogen) atoms. The summed E-state index contributed by atoms with van der Waals surface area (Å²) < 4.78 is 0. The molecule has 3 fully saturated rings. The minimum absolute atomic E-state index is 1.00. The maximum absolute atomic E-state index is 2.60. The number of hydrogen-bond acceptors (Lipinski definition) is 0. The highest BCUT2D eigenvalue weighted by molar-refractivity contribution is 6.37. The van der Waals surface area contributed by atoms with E-state index < -0.39 is 0 Å². The average molecular weight is 288 g/mol. The molecule has 1 heterocycles. The number of hydrogen-bond donors (Lipinski definition) is 0. The third kappa shape index (κ3) is 3.70. The largest absolute Gasteiger partial charge is 0.124 e. The molecule has 0 aromatic rings. The van der Waals surface area contributed by atoms with Gasteiger partial charge in [0.2, 0.25) is 0 Å².